The molecular weight excluding hydrogens is 549 g/mol. The molecule has 0 bridgehead atoms. The molecule has 0 saturated heterocycles. The molecule has 1 N–H and O–H groups in total. The SMILES string of the molecule is CCCNC(=O)[C@H](CC)N(Cc1ccccc1)C(=O)CN(c1ccc(F)cc1)S(=O)(=O)c1ccc(OC)c(OC)c1. The van der Waals surface area contributed by atoms with Crippen molar-refractivity contribution in [3.63, 3.8) is 0 Å². The molecule has 9 nitrogen and oxygen atoms in total. The number of carbonyl (C=O) groups is 2. The van der Waals surface area contributed by atoms with Crippen LogP contribution in [0.4, 0.5) is 10.1 Å². The average molecular weight is 586 g/mol. The van der Waals surface area contributed by atoms with Gasteiger partial charge in [-0.1, -0.05) is 44.2 Å². The van der Waals surface area contributed by atoms with Crippen LogP contribution in [0.1, 0.15) is 32.3 Å². The minimum atomic E-state index is -4.37. The van der Waals surface area contributed by atoms with Crippen LogP contribution in [0.25, 0.3) is 0 Å². The van der Waals surface area contributed by atoms with E-state index >= 15 is 0 Å². The molecule has 1 atom stereocenters. The van der Waals surface area contributed by atoms with Gasteiger partial charge in [0.1, 0.15) is 18.4 Å². The summed E-state index contributed by atoms with van der Waals surface area (Å²) in [6.45, 7) is 3.61. The number of halogens is 1. The first-order valence-electron chi connectivity index (χ1n) is 13.3. The molecule has 3 rings (SSSR count). The van der Waals surface area contributed by atoms with Gasteiger partial charge in [0.05, 0.1) is 24.8 Å². The molecule has 11 heteroatoms. The summed E-state index contributed by atoms with van der Waals surface area (Å²) in [4.78, 5) is 28.3. The molecule has 3 aromatic rings. The summed E-state index contributed by atoms with van der Waals surface area (Å²) < 4.78 is 53.2. The highest BCUT2D eigenvalue weighted by Crippen LogP contribution is 2.32. The van der Waals surface area contributed by atoms with Gasteiger partial charge in [-0.3, -0.25) is 13.9 Å². The fourth-order valence-electron chi connectivity index (χ4n) is 4.31. The predicted octanol–water partition coefficient (Wildman–Crippen LogP) is 4.37. The average Bonchev–Trinajstić information content (AvgIpc) is 2.99. The Morgan fingerprint density at radius 2 is 1.59 bits per heavy atom. The van der Waals surface area contributed by atoms with Crippen LogP contribution in [-0.4, -0.2) is 58.5 Å². The van der Waals surface area contributed by atoms with Crippen molar-refractivity contribution < 1.29 is 31.9 Å². The maximum absolute atomic E-state index is 14.0. The van der Waals surface area contributed by atoms with Gasteiger partial charge in [-0.05, 0) is 54.8 Å². The summed E-state index contributed by atoms with van der Waals surface area (Å²) in [5, 5.41) is 2.84. The zero-order valence-electron chi connectivity index (χ0n) is 23.7. The van der Waals surface area contributed by atoms with Crippen molar-refractivity contribution in [3.8, 4) is 11.5 Å². The Bertz CT molecular complexity index is 1420. The lowest BCUT2D eigenvalue weighted by atomic mass is 10.1. The van der Waals surface area contributed by atoms with Gasteiger partial charge in [-0.25, -0.2) is 12.8 Å². The largest absolute Gasteiger partial charge is 0.493 e. The van der Waals surface area contributed by atoms with Crippen LogP contribution >= 0.6 is 0 Å². The van der Waals surface area contributed by atoms with Crippen molar-refractivity contribution >= 4 is 27.5 Å². The normalized spacial score (nSPS) is 11.8. The molecule has 220 valence electrons. The Kier molecular flexibility index (Phi) is 11.1. The lowest BCUT2D eigenvalue weighted by Gasteiger charge is -2.33. The van der Waals surface area contributed by atoms with E-state index in [1.165, 1.54) is 49.5 Å². The van der Waals surface area contributed by atoms with E-state index in [0.717, 1.165) is 28.4 Å². The van der Waals surface area contributed by atoms with Gasteiger partial charge in [-0.2, -0.15) is 0 Å². The Balaban J connectivity index is 2.07. The minimum Gasteiger partial charge on any atom is -0.493 e. The smallest absolute Gasteiger partial charge is 0.264 e. The number of hydrogen-bond acceptors (Lipinski definition) is 6. The van der Waals surface area contributed by atoms with Crippen molar-refractivity contribution in [2.75, 3.05) is 31.6 Å². The van der Waals surface area contributed by atoms with Gasteiger partial charge >= 0.3 is 0 Å². The van der Waals surface area contributed by atoms with E-state index in [9.17, 15) is 22.4 Å². The van der Waals surface area contributed by atoms with Crippen molar-refractivity contribution in [1.29, 1.82) is 0 Å². The molecule has 0 aromatic heterocycles. The topological polar surface area (TPSA) is 105 Å². The first-order valence-corrected chi connectivity index (χ1v) is 14.7. The third-order valence-corrected chi connectivity index (χ3v) is 8.24. The molecule has 0 aliphatic carbocycles. The van der Waals surface area contributed by atoms with Crippen LogP contribution in [0.3, 0.4) is 0 Å². The number of hydrogen-bond donors (Lipinski definition) is 1. The molecule has 0 aliphatic rings. The van der Waals surface area contributed by atoms with Crippen LogP contribution in [0.15, 0.2) is 77.7 Å². The predicted molar refractivity (Wildman–Crippen MR) is 155 cm³/mol. The maximum atomic E-state index is 14.0. The van der Waals surface area contributed by atoms with Crippen LogP contribution in [0, 0.1) is 5.82 Å². The van der Waals surface area contributed by atoms with Crippen LogP contribution < -0.4 is 19.1 Å². The number of amides is 2. The van der Waals surface area contributed by atoms with E-state index in [-0.39, 0.29) is 28.8 Å². The minimum absolute atomic E-state index is 0.0812. The first kappa shape index (κ1) is 31.4. The number of nitrogens with zero attached hydrogens (tertiary/aromatic N) is 2. The van der Waals surface area contributed by atoms with Gasteiger partial charge in [0, 0.05) is 19.2 Å². The summed E-state index contributed by atoms with van der Waals surface area (Å²) in [5.74, 6) is -0.972. The molecule has 0 aliphatic heterocycles. The Morgan fingerprint density at radius 1 is 0.927 bits per heavy atom. The van der Waals surface area contributed by atoms with Crippen molar-refractivity contribution in [2.45, 2.75) is 44.2 Å². The number of methoxy groups -OCH3 is 2. The van der Waals surface area contributed by atoms with Gasteiger partial charge in [-0.15, -0.1) is 0 Å². The van der Waals surface area contributed by atoms with Crippen LogP contribution in [0.2, 0.25) is 0 Å². The number of nitrogens with one attached hydrogen (secondary N) is 1. The highest BCUT2D eigenvalue weighted by molar-refractivity contribution is 7.92. The fraction of sp³-hybridized carbons (Fsp3) is 0.333. The van der Waals surface area contributed by atoms with Crippen LogP contribution in [0.5, 0.6) is 11.5 Å². The Hall–Kier alpha value is -4.12. The van der Waals surface area contributed by atoms with E-state index in [1.54, 1.807) is 6.92 Å². The van der Waals surface area contributed by atoms with Crippen molar-refractivity contribution in [2.24, 2.45) is 0 Å². The zero-order valence-corrected chi connectivity index (χ0v) is 24.5. The molecule has 0 heterocycles. The summed E-state index contributed by atoms with van der Waals surface area (Å²) in [6, 6.07) is 17.2. The highest BCUT2D eigenvalue weighted by atomic mass is 32.2. The van der Waals surface area contributed by atoms with Crippen LogP contribution in [-0.2, 0) is 26.2 Å². The second-order valence-electron chi connectivity index (χ2n) is 9.23. The standard InChI is InChI=1S/C30H36FN3O6S/c1-5-18-32-30(36)26(6-2)33(20-22-10-8-7-9-11-22)29(35)21-34(24-14-12-23(31)13-15-24)41(37,38)25-16-17-27(39-3)28(19-25)40-4/h7-17,19,26H,5-6,18,20-21H2,1-4H3,(H,32,36)/t26-/m0/s1. The number of sulfonamides is 1. The molecule has 0 fully saturated rings. The Labute approximate surface area is 240 Å². The first-order chi connectivity index (χ1) is 19.7. The molecule has 3 aromatic carbocycles. The quantitative estimate of drug-likeness (QED) is 0.301. The maximum Gasteiger partial charge on any atom is 0.264 e. The van der Waals surface area contributed by atoms with E-state index < -0.39 is 34.3 Å². The second-order valence-corrected chi connectivity index (χ2v) is 11.1. The zero-order chi connectivity index (χ0) is 30.0. The fourth-order valence-corrected chi connectivity index (χ4v) is 5.74. The molecule has 0 radical (unpaired) electrons. The molecule has 0 saturated carbocycles. The third-order valence-electron chi connectivity index (χ3n) is 6.47. The summed E-state index contributed by atoms with van der Waals surface area (Å²) >= 11 is 0. The van der Waals surface area contributed by atoms with E-state index in [0.29, 0.717) is 18.7 Å². The van der Waals surface area contributed by atoms with E-state index in [1.807, 2.05) is 37.3 Å². The van der Waals surface area contributed by atoms with Crippen molar-refractivity contribution in [3.05, 3.63) is 84.2 Å². The Morgan fingerprint density at radius 3 is 2.17 bits per heavy atom. The molecule has 0 spiro atoms. The van der Waals surface area contributed by atoms with Crippen molar-refractivity contribution in [1.82, 2.24) is 10.2 Å². The molecule has 0 unspecified atom stereocenters. The molecule has 2 amide bonds. The lowest BCUT2D eigenvalue weighted by molar-refractivity contribution is -0.140. The monoisotopic (exact) mass is 585 g/mol. The highest BCUT2D eigenvalue weighted by Gasteiger charge is 2.34. The second kappa shape index (κ2) is 14.5. The lowest BCUT2D eigenvalue weighted by Crippen LogP contribution is -2.52. The third kappa shape index (κ3) is 7.75. The van der Waals surface area contributed by atoms with Gasteiger partial charge in [0.25, 0.3) is 10.0 Å². The van der Waals surface area contributed by atoms with Gasteiger partial charge in [0.15, 0.2) is 11.5 Å². The van der Waals surface area contributed by atoms with E-state index in [2.05, 4.69) is 5.32 Å². The number of anilines is 1. The van der Waals surface area contributed by atoms with E-state index in [4.69, 9.17) is 9.47 Å². The number of ether oxygens (including phenoxy) is 2. The summed E-state index contributed by atoms with van der Waals surface area (Å²) in [6.07, 6.45) is 1.03. The molecule has 41 heavy (non-hydrogen) atoms. The van der Waals surface area contributed by atoms with Gasteiger partial charge in [0.2, 0.25) is 11.8 Å². The number of benzene rings is 3. The van der Waals surface area contributed by atoms with Gasteiger partial charge < -0.3 is 19.7 Å². The number of carbonyl (C=O) groups excluding carboxylic acids is 2. The molecular formula is C30H36FN3O6S. The summed E-state index contributed by atoms with van der Waals surface area (Å²) in [5.41, 5.74) is 0.858. The summed E-state index contributed by atoms with van der Waals surface area (Å²) in [7, 11) is -1.56. The number of rotatable bonds is 14.